The Morgan fingerprint density at radius 2 is 1.92 bits per heavy atom. The van der Waals surface area contributed by atoms with Gasteiger partial charge in [0.05, 0.1) is 46.0 Å². The van der Waals surface area contributed by atoms with Gasteiger partial charge in [0.15, 0.2) is 15.6 Å². The lowest BCUT2D eigenvalue weighted by Crippen LogP contribution is -2.39. The molecule has 1 aliphatic rings. The number of aryl methyl sites for hydroxylation is 2. The number of ketones is 1. The Labute approximate surface area is 221 Å². The average Bonchev–Trinajstić information content (AvgIpc) is 2.86. The Balaban J connectivity index is 1.54. The van der Waals surface area contributed by atoms with Crippen molar-refractivity contribution in [2.24, 2.45) is 0 Å². The Kier molecular flexibility index (Phi) is 7.39. The molecule has 1 atom stereocenters. The first-order valence-electron chi connectivity index (χ1n) is 11.9. The second-order valence-electron chi connectivity index (χ2n) is 9.28. The van der Waals surface area contributed by atoms with Gasteiger partial charge in [0, 0.05) is 17.8 Å². The van der Waals surface area contributed by atoms with Crippen LogP contribution in [0.5, 0.6) is 5.75 Å². The fourth-order valence-corrected chi connectivity index (χ4v) is 5.65. The van der Waals surface area contributed by atoms with Crippen molar-refractivity contribution >= 4 is 38.9 Å². The number of halogens is 1. The third-order valence-corrected chi connectivity index (χ3v) is 8.70. The minimum atomic E-state index is -3.30. The fraction of sp³-hybridized carbons (Fsp3) is 0.333. The van der Waals surface area contributed by atoms with E-state index in [4.69, 9.17) is 16.3 Å². The highest BCUT2D eigenvalue weighted by atomic mass is 35.5. The van der Waals surface area contributed by atoms with Gasteiger partial charge in [-0.25, -0.2) is 13.4 Å². The summed E-state index contributed by atoms with van der Waals surface area (Å²) in [6, 6.07) is 9.62. The van der Waals surface area contributed by atoms with Gasteiger partial charge in [-0.3, -0.25) is 14.6 Å². The first kappa shape index (κ1) is 26.8. The largest absolute Gasteiger partial charge is 0.495 e. The van der Waals surface area contributed by atoms with Crippen molar-refractivity contribution in [3.63, 3.8) is 0 Å². The Bertz CT molecular complexity index is 1490. The van der Waals surface area contributed by atoms with Gasteiger partial charge in [-0.1, -0.05) is 30.7 Å². The first-order valence-corrected chi connectivity index (χ1v) is 13.9. The summed E-state index contributed by atoms with van der Waals surface area (Å²) in [6.45, 7) is 5.26. The van der Waals surface area contributed by atoms with Crippen molar-refractivity contribution in [1.29, 1.82) is 0 Å². The number of Topliss-reactive ketones (excluding diaryl/α,β-unsaturated/α-hetero) is 1. The Morgan fingerprint density at radius 1 is 1.22 bits per heavy atom. The third-order valence-electron chi connectivity index (χ3n) is 6.74. The number of nitrogens with one attached hydrogen (secondary N) is 1. The van der Waals surface area contributed by atoms with Crippen molar-refractivity contribution in [3.05, 3.63) is 75.7 Å². The van der Waals surface area contributed by atoms with Crippen molar-refractivity contribution in [2.45, 2.75) is 50.3 Å². The predicted molar refractivity (Wildman–Crippen MR) is 141 cm³/mol. The van der Waals surface area contributed by atoms with Crippen LogP contribution in [-0.2, 0) is 32.9 Å². The number of methoxy groups -OCH3 is 1. The van der Waals surface area contributed by atoms with Gasteiger partial charge in [-0.05, 0) is 56.0 Å². The van der Waals surface area contributed by atoms with E-state index < -0.39 is 15.3 Å². The number of amides is 1. The maximum absolute atomic E-state index is 13.7. The summed E-state index contributed by atoms with van der Waals surface area (Å²) in [5, 5.41) is 3.23. The molecular formula is C27H28ClN3O5S. The second kappa shape index (κ2) is 10.2. The normalized spacial score (nSPS) is 17.3. The van der Waals surface area contributed by atoms with E-state index in [9.17, 15) is 18.0 Å². The standard InChI is InChI=1S/C27H28ClN3O5S/c1-5-37(34,35)19-8-6-17(7-9-19)13-23(32)31-22-12-16(2)24-20(30-22)10-11-27(3,26(24)33)25-21(36-4)14-18(28)15-29-25/h6-9,12,14-15H,5,10-11,13H2,1-4H3,(H,30,31,32). The number of anilines is 1. The monoisotopic (exact) mass is 541 g/mol. The van der Waals surface area contributed by atoms with Crippen molar-refractivity contribution in [1.82, 2.24) is 9.97 Å². The van der Waals surface area contributed by atoms with E-state index in [1.807, 2.05) is 13.8 Å². The van der Waals surface area contributed by atoms with Crippen molar-refractivity contribution in [2.75, 3.05) is 18.2 Å². The van der Waals surface area contributed by atoms with Crippen LogP contribution in [0.1, 0.15) is 53.1 Å². The molecule has 194 valence electrons. The molecule has 3 aromatic rings. The molecule has 0 saturated carbocycles. The Hall–Kier alpha value is -3.30. The number of rotatable bonds is 7. The number of ether oxygens (including phenoxy) is 1. The highest BCUT2D eigenvalue weighted by molar-refractivity contribution is 7.91. The molecule has 1 aliphatic carbocycles. The second-order valence-corrected chi connectivity index (χ2v) is 12.0. The van der Waals surface area contributed by atoms with Gasteiger partial charge in [0.1, 0.15) is 11.6 Å². The van der Waals surface area contributed by atoms with E-state index >= 15 is 0 Å². The molecule has 0 saturated heterocycles. The number of hydrogen-bond acceptors (Lipinski definition) is 7. The van der Waals surface area contributed by atoms with E-state index in [1.165, 1.54) is 25.4 Å². The van der Waals surface area contributed by atoms with Crippen LogP contribution < -0.4 is 10.1 Å². The zero-order valence-corrected chi connectivity index (χ0v) is 22.7. The van der Waals surface area contributed by atoms with Crippen molar-refractivity contribution < 1.29 is 22.7 Å². The number of hydrogen-bond donors (Lipinski definition) is 1. The Morgan fingerprint density at radius 3 is 2.57 bits per heavy atom. The van der Waals surface area contributed by atoms with Crippen LogP contribution in [0.2, 0.25) is 5.02 Å². The van der Waals surface area contributed by atoms with E-state index in [-0.39, 0.29) is 28.8 Å². The summed E-state index contributed by atoms with van der Waals surface area (Å²) < 4.78 is 29.4. The minimum absolute atomic E-state index is 0.0155. The fourth-order valence-electron chi connectivity index (χ4n) is 4.62. The van der Waals surface area contributed by atoms with E-state index in [1.54, 1.807) is 31.2 Å². The van der Waals surface area contributed by atoms with E-state index in [2.05, 4.69) is 15.3 Å². The summed E-state index contributed by atoms with van der Waals surface area (Å²) in [5.41, 5.74) is 2.16. The number of nitrogens with zero attached hydrogens (tertiary/aromatic N) is 2. The van der Waals surface area contributed by atoms with Crippen molar-refractivity contribution in [3.8, 4) is 5.75 Å². The third kappa shape index (κ3) is 5.24. The lowest BCUT2D eigenvalue weighted by Gasteiger charge is -2.34. The molecule has 0 bridgehead atoms. The molecule has 0 spiro atoms. The average molecular weight is 542 g/mol. The van der Waals surface area contributed by atoms with E-state index in [0.717, 1.165) is 0 Å². The van der Waals surface area contributed by atoms with Crippen LogP contribution in [0, 0.1) is 6.92 Å². The van der Waals surface area contributed by atoms with Crippen LogP contribution in [0.25, 0.3) is 0 Å². The van der Waals surface area contributed by atoms with Gasteiger partial charge in [-0.15, -0.1) is 0 Å². The molecular weight excluding hydrogens is 514 g/mol. The minimum Gasteiger partial charge on any atom is -0.495 e. The van der Waals surface area contributed by atoms with Crippen LogP contribution in [0.15, 0.2) is 47.5 Å². The molecule has 1 aromatic carbocycles. The highest BCUT2D eigenvalue weighted by Gasteiger charge is 2.44. The molecule has 0 radical (unpaired) electrons. The molecule has 10 heteroatoms. The number of carbonyl (C=O) groups is 2. The number of carbonyl (C=O) groups excluding carboxylic acids is 2. The lowest BCUT2D eigenvalue weighted by molar-refractivity contribution is -0.115. The molecule has 1 N–H and O–H groups in total. The number of fused-ring (bicyclic) bond motifs is 1. The summed E-state index contributed by atoms with van der Waals surface area (Å²) in [7, 11) is -1.78. The van der Waals surface area contributed by atoms with E-state index in [0.29, 0.717) is 57.5 Å². The molecule has 0 fully saturated rings. The topological polar surface area (TPSA) is 115 Å². The molecule has 0 aliphatic heterocycles. The zero-order chi connectivity index (χ0) is 27.0. The van der Waals surface area contributed by atoms with Gasteiger partial charge in [0.25, 0.3) is 0 Å². The molecule has 37 heavy (non-hydrogen) atoms. The summed E-state index contributed by atoms with van der Waals surface area (Å²) in [4.78, 5) is 35.6. The maximum atomic E-state index is 13.7. The molecule has 4 rings (SSSR count). The predicted octanol–water partition coefficient (Wildman–Crippen LogP) is 4.51. The van der Waals surface area contributed by atoms with Crippen LogP contribution >= 0.6 is 11.6 Å². The smallest absolute Gasteiger partial charge is 0.229 e. The SMILES string of the molecule is CCS(=O)(=O)c1ccc(CC(=O)Nc2cc(C)c3c(n2)CCC(C)(c2ncc(Cl)cc2OC)C3=O)cc1. The first-order chi connectivity index (χ1) is 17.5. The summed E-state index contributed by atoms with van der Waals surface area (Å²) >= 11 is 6.07. The van der Waals surface area contributed by atoms with Crippen LogP contribution in [0.3, 0.4) is 0 Å². The molecule has 1 unspecified atom stereocenters. The number of pyridine rings is 2. The van der Waals surface area contributed by atoms with Gasteiger partial charge in [-0.2, -0.15) is 0 Å². The lowest BCUT2D eigenvalue weighted by atomic mass is 9.69. The number of benzene rings is 1. The van der Waals surface area contributed by atoms with Gasteiger partial charge in [0.2, 0.25) is 5.91 Å². The molecule has 2 heterocycles. The zero-order valence-electron chi connectivity index (χ0n) is 21.1. The summed E-state index contributed by atoms with van der Waals surface area (Å²) in [5.74, 6) is 0.445. The molecule has 2 aromatic heterocycles. The molecule has 8 nitrogen and oxygen atoms in total. The van der Waals surface area contributed by atoms with Crippen LogP contribution in [-0.4, -0.2) is 42.9 Å². The summed E-state index contributed by atoms with van der Waals surface area (Å²) in [6.07, 6.45) is 2.56. The number of aromatic nitrogens is 2. The van der Waals surface area contributed by atoms with Gasteiger partial charge < -0.3 is 10.1 Å². The highest BCUT2D eigenvalue weighted by Crippen LogP contribution is 2.42. The quantitative estimate of drug-likeness (QED) is 0.468. The number of sulfone groups is 1. The van der Waals surface area contributed by atoms with Crippen LogP contribution in [0.4, 0.5) is 5.82 Å². The molecule has 1 amide bonds. The van der Waals surface area contributed by atoms with Gasteiger partial charge >= 0.3 is 0 Å². The maximum Gasteiger partial charge on any atom is 0.229 e.